The molecule has 0 aromatic carbocycles. The molecular weight excluding hydrogens is 380 g/mol. The molecule has 0 spiro atoms. The van der Waals surface area contributed by atoms with E-state index in [9.17, 15) is 0 Å². The molecule has 68 valence electrons. The molecule has 0 fully saturated rings. The Hall–Kier alpha value is 0.600. The fraction of sp³-hybridized carbons (Fsp3) is 0.714. The summed E-state index contributed by atoms with van der Waals surface area (Å²) in [7, 11) is 0. The highest BCUT2D eigenvalue weighted by molar-refractivity contribution is 14.1. The van der Waals surface area contributed by atoms with E-state index in [1.165, 1.54) is 23.0 Å². The minimum Gasteiger partial charge on any atom is -0.240 e. The van der Waals surface area contributed by atoms with Gasteiger partial charge in [0.25, 0.3) is 0 Å². The number of rotatable bonds is 5. The second-order valence-corrected chi connectivity index (χ2v) is 4.25. The van der Waals surface area contributed by atoms with Gasteiger partial charge in [0, 0.05) is 0 Å². The number of nitrogens with zero attached hydrogens (tertiary/aromatic N) is 3. The number of hydrogen-bond donors (Lipinski definition) is 0. The lowest BCUT2D eigenvalue weighted by atomic mass is 10.2. The van der Waals surface area contributed by atoms with Crippen molar-refractivity contribution in [2.75, 3.05) is 4.43 Å². The summed E-state index contributed by atoms with van der Waals surface area (Å²) in [5, 5.41) is 7.85. The van der Waals surface area contributed by atoms with Gasteiger partial charge in [0.1, 0.15) is 0 Å². The molecule has 1 heterocycles. The van der Waals surface area contributed by atoms with Crippen LogP contribution in [-0.4, -0.2) is 19.4 Å². The van der Waals surface area contributed by atoms with E-state index >= 15 is 0 Å². The summed E-state index contributed by atoms with van der Waals surface area (Å²) in [6.45, 7) is 0. The van der Waals surface area contributed by atoms with Crippen LogP contribution in [0.3, 0.4) is 0 Å². The molecule has 0 saturated carbocycles. The van der Waals surface area contributed by atoms with Crippen molar-refractivity contribution in [1.82, 2.24) is 15.0 Å². The summed E-state index contributed by atoms with van der Waals surface area (Å²) in [6, 6.07) is 0. The van der Waals surface area contributed by atoms with Gasteiger partial charge >= 0.3 is 0 Å². The van der Waals surface area contributed by atoms with Crippen molar-refractivity contribution in [2.24, 2.45) is 0 Å². The van der Waals surface area contributed by atoms with Gasteiger partial charge in [-0.3, -0.25) is 0 Å². The van der Waals surface area contributed by atoms with Crippen LogP contribution in [0.2, 0.25) is 0 Å². The van der Waals surface area contributed by atoms with Crippen LogP contribution in [0.15, 0.2) is 6.20 Å². The molecule has 0 amide bonds. The lowest BCUT2D eigenvalue weighted by Gasteiger charge is -2.00. The normalized spacial score (nSPS) is 10.5. The number of halogens is 2. The second-order valence-electron chi connectivity index (χ2n) is 2.49. The molecule has 0 bridgehead atoms. The van der Waals surface area contributed by atoms with E-state index < -0.39 is 0 Å². The van der Waals surface area contributed by atoms with E-state index in [4.69, 9.17) is 0 Å². The Morgan fingerprint density at radius 2 is 2.17 bits per heavy atom. The van der Waals surface area contributed by atoms with E-state index in [0.29, 0.717) is 0 Å². The highest BCUT2D eigenvalue weighted by Crippen LogP contribution is 2.05. The number of aromatic nitrogens is 3. The van der Waals surface area contributed by atoms with Crippen LogP contribution in [0, 0.1) is 0 Å². The molecule has 1 aromatic heterocycles. The zero-order valence-corrected chi connectivity index (χ0v) is 11.0. The largest absolute Gasteiger partial charge is 0.240 e. The van der Waals surface area contributed by atoms with Crippen LogP contribution in [-0.2, 0) is 11.0 Å². The van der Waals surface area contributed by atoms with Crippen LogP contribution in [0.5, 0.6) is 0 Å². The predicted octanol–water partition coefficient (Wildman–Crippen LogP) is 2.43. The predicted molar refractivity (Wildman–Crippen MR) is 65.9 cm³/mol. The Labute approximate surface area is 99.6 Å². The van der Waals surface area contributed by atoms with Crippen LogP contribution in [0.4, 0.5) is 0 Å². The van der Waals surface area contributed by atoms with E-state index in [1.54, 1.807) is 0 Å². The summed E-state index contributed by atoms with van der Waals surface area (Å²) in [5.74, 6) is 0. The minimum atomic E-state index is 0.900. The molecule has 1 rings (SSSR count). The Morgan fingerprint density at radius 3 is 2.83 bits per heavy atom. The van der Waals surface area contributed by atoms with Crippen molar-refractivity contribution in [1.29, 1.82) is 0 Å². The molecule has 0 aliphatic heterocycles. The van der Waals surface area contributed by atoms with Crippen LogP contribution in [0.25, 0.3) is 0 Å². The van der Waals surface area contributed by atoms with Crippen molar-refractivity contribution >= 4 is 45.2 Å². The van der Waals surface area contributed by atoms with Crippen LogP contribution < -0.4 is 0 Å². The van der Waals surface area contributed by atoms with Gasteiger partial charge in [-0.25, -0.2) is 4.68 Å². The molecule has 0 aliphatic carbocycles. The van der Waals surface area contributed by atoms with Crippen molar-refractivity contribution in [2.45, 2.75) is 23.8 Å². The first-order valence-corrected chi connectivity index (χ1v) is 6.93. The molecule has 0 aliphatic rings. The van der Waals surface area contributed by atoms with Gasteiger partial charge in [0.05, 0.1) is 16.4 Å². The van der Waals surface area contributed by atoms with Gasteiger partial charge in [0.15, 0.2) is 0 Å². The minimum absolute atomic E-state index is 0.900. The van der Waals surface area contributed by atoms with E-state index in [2.05, 4.69) is 55.5 Å². The SMILES string of the molecule is ICCCCc1cnnn1CI. The Morgan fingerprint density at radius 1 is 1.33 bits per heavy atom. The third-order valence-electron chi connectivity index (χ3n) is 1.63. The summed E-state index contributed by atoms with van der Waals surface area (Å²) in [5.41, 5.74) is 1.26. The molecule has 1 aromatic rings. The lowest BCUT2D eigenvalue weighted by Crippen LogP contribution is -2.00. The maximum Gasteiger partial charge on any atom is 0.0944 e. The van der Waals surface area contributed by atoms with E-state index in [0.717, 1.165) is 11.0 Å². The first-order chi connectivity index (χ1) is 5.88. The molecule has 0 saturated heterocycles. The summed E-state index contributed by atoms with van der Waals surface area (Å²) in [6.07, 6.45) is 5.50. The third kappa shape index (κ3) is 3.15. The van der Waals surface area contributed by atoms with Gasteiger partial charge < -0.3 is 0 Å². The van der Waals surface area contributed by atoms with Gasteiger partial charge in [-0.2, -0.15) is 0 Å². The summed E-state index contributed by atoms with van der Waals surface area (Å²) in [4.78, 5) is 0. The number of alkyl halides is 2. The van der Waals surface area contributed by atoms with Gasteiger partial charge in [-0.15, -0.1) is 5.10 Å². The first-order valence-electron chi connectivity index (χ1n) is 3.87. The first kappa shape index (κ1) is 10.7. The molecular formula is C7H11I2N3. The van der Waals surface area contributed by atoms with E-state index in [1.807, 2.05) is 10.9 Å². The van der Waals surface area contributed by atoms with Crippen molar-refractivity contribution in [3.8, 4) is 0 Å². The third-order valence-corrected chi connectivity index (χ3v) is 3.04. The second kappa shape index (κ2) is 6.11. The van der Waals surface area contributed by atoms with Crippen molar-refractivity contribution in [3.05, 3.63) is 11.9 Å². The summed E-state index contributed by atoms with van der Waals surface area (Å²) >= 11 is 4.70. The average molecular weight is 391 g/mol. The van der Waals surface area contributed by atoms with Crippen LogP contribution in [0.1, 0.15) is 18.5 Å². The van der Waals surface area contributed by atoms with E-state index in [-0.39, 0.29) is 0 Å². The Balaban J connectivity index is 2.39. The smallest absolute Gasteiger partial charge is 0.0944 e. The fourth-order valence-electron chi connectivity index (χ4n) is 0.974. The number of unbranched alkanes of at least 4 members (excludes halogenated alkanes) is 1. The zero-order chi connectivity index (χ0) is 8.81. The quantitative estimate of drug-likeness (QED) is 0.439. The fourth-order valence-corrected chi connectivity index (χ4v) is 2.09. The molecule has 0 unspecified atom stereocenters. The zero-order valence-electron chi connectivity index (χ0n) is 6.71. The molecule has 12 heavy (non-hydrogen) atoms. The van der Waals surface area contributed by atoms with Crippen molar-refractivity contribution in [3.63, 3.8) is 0 Å². The lowest BCUT2D eigenvalue weighted by molar-refractivity contribution is 0.658. The molecule has 5 heteroatoms. The maximum atomic E-state index is 3.97. The molecule has 0 atom stereocenters. The topological polar surface area (TPSA) is 30.7 Å². The van der Waals surface area contributed by atoms with Gasteiger partial charge in [-0.1, -0.05) is 50.4 Å². The highest BCUT2D eigenvalue weighted by atomic mass is 127. The van der Waals surface area contributed by atoms with Crippen molar-refractivity contribution < 1.29 is 0 Å². The standard InChI is InChI=1S/C7H11I2N3/c8-4-2-1-3-7-5-10-11-12(7)6-9/h5H,1-4,6H2. The van der Waals surface area contributed by atoms with Gasteiger partial charge in [0.2, 0.25) is 0 Å². The number of aryl methyl sites for hydroxylation is 1. The molecule has 0 radical (unpaired) electrons. The Kier molecular flexibility index (Phi) is 5.44. The highest BCUT2D eigenvalue weighted by Gasteiger charge is 2.00. The Bertz CT molecular complexity index is 224. The average Bonchev–Trinajstić information content (AvgIpc) is 2.52. The molecule has 0 N–H and O–H groups in total. The maximum absolute atomic E-state index is 3.97. The monoisotopic (exact) mass is 391 g/mol. The van der Waals surface area contributed by atoms with Gasteiger partial charge in [-0.05, 0) is 23.7 Å². The van der Waals surface area contributed by atoms with Crippen LogP contribution >= 0.6 is 45.2 Å². The summed E-state index contributed by atoms with van der Waals surface area (Å²) < 4.78 is 4.09. The number of hydrogen-bond acceptors (Lipinski definition) is 2. The molecule has 3 nitrogen and oxygen atoms in total.